The van der Waals surface area contributed by atoms with Gasteiger partial charge in [-0.2, -0.15) is 0 Å². The number of likely N-dealkylation sites (N-methyl/N-ethyl adjacent to an activating group) is 1. The van der Waals surface area contributed by atoms with Crippen molar-refractivity contribution >= 4 is 35.8 Å². The van der Waals surface area contributed by atoms with Gasteiger partial charge in [0.1, 0.15) is 6.04 Å². The maximum absolute atomic E-state index is 12.8. The Balaban J connectivity index is 0.00000364. The van der Waals surface area contributed by atoms with Crippen LogP contribution in [-0.4, -0.2) is 54.3 Å². The van der Waals surface area contributed by atoms with E-state index in [1.807, 2.05) is 51.1 Å². The van der Waals surface area contributed by atoms with Crippen LogP contribution < -0.4 is 16.0 Å². The maximum atomic E-state index is 12.8. The smallest absolute Gasteiger partial charge is 0.249 e. The number of rotatable bonds is 7. The molecule has 0 aromatic heterocycles. The van der Waals surface area contributed by atoms with Crippen molar-refractivity contribution < 1.29 is 14.4 Å². The molecule has 1 heterocycles. The Morgan fingerprint density at radius 3 is 2.48 bits per heavy atom. The van der Waals surface area contributed by atoms with Crippen LogP contribution >= 0.6 is 12.4 Å². The fraction of sp³-hybridized carbons (Fsp3) is 0.526. The first kappa shape index (κ1) is 22.9. The normalized spacial score (nSPS) is 17.4. The standard InChI is InChI=1S/C19H28N4O3.ClH/c1-4-22(16(24)12-21-18(25)17(20)13(2)3)15-10-11-23(19(15)26)14-8-6-5-7-9-14;/h5-9,13,15,17H,4,10-12,20H2,1-3H3,(H,21,25);1H/t15?,17-;/m0./s1. The number of carbonyl (C=O) groups excluding carboxylic acids is 3. The van der Waals surface area contributed by atoms with Gasteiger partial charge in [0, 0.05) is 18.8 Å². The van der Waals surface area contributed by atoms with Gasteiger partial charge in [-0.25, -0.2) is 0 Å². The number of anilines is 1. The molecule has 1 unspecified atom stereocenters. The Labute approximate surface area is 166 Å². The molecule has 2 rings (SSSR count). The first-order valence-electron chi connectivity index (χ1n) is 9.06. The fourth-order valence-corrected chi connectivity index (χ4v) is 3.07. The molecule has 0 radical (unpaired) electrons. The molecule has 2 atom stereocenters. The molecule has 0 saturated carbocycles. The summed E-state index contributed by atoms with van der Waals surface area (Å²) >= 11 is 0. The zero-order valence-electron chi connectivity index (χ0n) is 16.1. The number of benzene rings is 1. The van der Waals surface area contributed by atoms with E-state index in [4.69, 9.17) is 5.73 Å². The zero-order chi connectivity index (χ0) is 19.3. The van der Waals surface area contributed by atoms with E-state index in [0.29, 0.717) is 19.5 Å². The number of nitrogens with two attached hydrogens (primary N) is 1. The van der Waals surface area contributed by atoms with Crippen LogP contribution in [0.2, 0.25) is 0 Å². The quantitative estimate of drug-likeness (QED) is 0.722. The molecule has 1 aliphatic rings. The summed E-state index contributed by atoms with van der Waals surface area (Å²) in [5.74, 6) is -0.724. The summed E-state index contributed by atoms with van der Waals surface area (Å²) in [5, 5.41) is 2.58. The summed E-state index contributed by atoms with van der Waals surface area (Å²) in [6.45, 7) is 6.35. The Hall–Kier alpha value is -2.12. The fourth-order valence-electron chi connectivity index (χ4n) is 3.07. The topological polar surface area (TPSA) is 95.7 Å². The summed E-state index contributed by atoms with van der Waals surface area (Å²) < 4.78 is 0. The van der Waals surface area contributed by atoms with Gasteiger partial charge in [-0.1, -0.05) is 32.0 Å². The Morgan fingerprint density at radius 1 is 1.30 bits per heavy atom. The number of nitrogens with zero attached hydrogens (tertiary/aromatic N) is 2. The van der Waals surface area contributed by atoms with Crippen LogP contribution in [0, 0.1) is 5.92 Å². The van der Waals surface area contributed by atoms with Crippen molar-refractivity contribution in [3.8, 4) is 0 Å². The van der Waals surface area contributed by atoms with E-state index in [9.17, 15) is 14.4 Å². The first-order valence-corrected chi connectivity index (χ1v) is 9.06. The van der Waals surface area contributed by atoms with Crippen LogP contribution in [0.3, 0.4) is 0 Å². The minimum absolute atomic E-state index is 0. The van der Waals surface area contributed by atoms with Crippen LogP contribution in [0.1, 0.15) is 27.2 Å². The van der Waals surface area contributed by atoms with E-state index >= 15 is 0 Å². The molecule has 0 aliphatic carbocycles. The Bertz CT molecular complexity index is 654. The number of hydrogen-bond acceptors (Lipinski definition) is 4. The Kier molecular flexibility index (Phi) is 8.72. The highest BCUT2D eigenvalue weighted by molar-refractivity contribution is 6.01. The number of carbonyl (C=O) groups is 3. The molecule has 1 fully saturated rings. The van der Waals surface area contributed by atoms with Gasteiger partial charge in [0.05, 0.1) is 12.6 Å². The van der Waals surface area contributed by atoms with Crippen molar-refractivity contribution in [2.45, 2.75) is 39.3 Å². The third-order valence-electron chi connectivity index (χ3n) is 4.72. The third kappa shape index (κ3) is 5.43. The second-order valence-electron chi connectivity index (χ2n) is 6.80. The highest BCUT2D eigenvalue weighted by Gasteiger charge is 2.38. The van der Waals surface area contributed by atoms with Crippen LogP contribution in [0.15, 0.2) is 30.3 Å². The highest BCUT2D eigenvalue weighted by Crippen LogP contribution is 2.24. The molecule has 0 bridgehead atoms. The molecule has 1 aromatic carbocycles. The van der Waals surface area contributed by atoms with Gasteiger partial charge < -0.3 is 20.9 Å². The minimum atomic E-state index is -0.653. The zero-order valence-corrected chi connectivity index (χ0v) is 16.9. The summed E-state index contributed by atoms with van der Waals surface area (Å²) in [4.78, 5) is 40.5. The lowest BCUT2D eigenvalue weighted by atomic mass is 10.1. The second-order valence-corrected chi connectivity index (χ2v) is 6.80. The summed E-state index contributed by atoms with van der Waals surface area (Å²) in [7, 11) is 0. The monoisotopic (exact) mass is 396 g/mol. The molecule has 1 saturated heterocycles. The van der Waals surface area contributed by atoms with Gasteiger partial charge in [0.2, 0.25) is 17.7 Å². The van der Waals surface area contributed by atoms with Gasteiger partial charge in [0.15, 0.2) is 0 Å². The summed E-state index contributed by atoms with van der Waals surface area (Å²) in [5.41, 5.74) is 6.62. The number of hydrogen-bond donors (Lipinski definition) is 2. The molecule has 3 amide bonds. The summed E-state index contributed by atoms with van der Waals surface area (Å²) in [6.07, 6.45) is 0.576. The van der Waals surface area contributed by atoms with Gasteiger partial charge in [-0.05, 0) is 31.4 Å². The van der Waals surface area contributed by atoms with Crippen molar-refractivity contribution in [2.75, 3.05) is 24.5 Å². The predicted molar refractivity (Wildman–Crippen MR) is 108 cm³/mol. The molecule has 1 aliphatic heterocycles. The van der Waals surface area contributed by atoms with Crippen molar-refractivity contribution in [3.05, 3.63) is 30.3 Å². The lowest BCUT2D eigenvalue weighted by Crippen LogP contribution is -2.51. The average Bonchev–Trinajstić information content (AvgIpc) is 3.01. The Morgan fingerprint density at radius 2 is 1.93 bits per heavy atom. The van der Waals surface area contributed by atoms with Crippen LogP contribution in [0.5, 0.6) is 0 Å². The molecular weight excluding hydrogens is 368 g/mol. The van der Waals surface area contributed by atoms with E-state index in [1.165, 1.54) is 4.90 Å². The van der Waals surface area contributed by atoms with Gasteiger partial charge in [-0.15, -0.1) is 12.4 Å². The highest BCUT2D eigenvalue weighted by atomic mass is 35.5. The lowest BCUT2D eigenvalue weighted by Gasteiger charge is -2.27. The molecule has 27 heavy (non-hydrogen) atoms. The first-order chi connectivity index (χ1) is 12.4. The van der Waals surface area contributed by atoms with Crippen LogP contribution in [0.25, 0.3) is 0 Å². The van der Waals surface area contributed by atoms with Gasteiger partial charge in [0.25, 0.3) is 0 Å². The van der Waals surface area contributed by atoms with E-state index in [2.05, 4.69) is 5.32 Å². The summed E-state index contributed by atoms with van der Waals surface area (Å²) in [6, 6.07) is 8.27. The molecule has 7 nitrogen and oxygen atoms in total. The van der Waals surface area contributed by atoms with Crippen molar-refractivity contribution in [2.24, 2.45) is 11.7 Å². The molecular formula is C19H29ClN4O3. The second kappa shape index (κ2) is 10.3. The number of amides is 3. The SMILES string of the molecule is CCN(C(=O)CNC(=O)[C@@H](N)C(C)C)C1CCN(c2ccccc2)C1=O.Cl. The van der Waals surface area contributed by atoms with Gasteiger partial charge in [-0.3, -0.25) is 14.4 Å². The van der Waals surface area contributed by atoms with E-state index in [-0.39, 0.29) is 42.6 Å². The maximum Gasteiger partial charge on any atom is 0.249 e. The third-order valence-corrected chi connectivity index (χ3v) is 4.72. The van der Waals surface area contributed by atoms with Gasteiger partial charge >= 0.3 is 0 Å². The predicted octanol–water partition coefficient (Wildman–Crippen LogP) is 1.16. The minimum Gasteiger partial charge on any atom is -0.346 e. The van der Waals surface area contributed by atoms with Crippen LogP contribution in [0.4, 0.5) is 5.69 Å². The van der Waals surface area contributed by atoms with Crippen molar-refractivity contribution in [1.82, 2.24) is 10.2 Å². The van der Waals surface area contributed by atoms with Crippen molar-refractivity contribution in [3.63, 3.8) is 0 Å². The van der Waals surface area contributed by atoms with Crippen LogP contribution in [-0.2, 0) is 14.4 Å². The van der Waals surface area contributed by atoms with E-state index in [0.717, 1.165) is 5.69 Å². The lowest BCUT2D eigenvalue weighted by molar-refractivity contribution is -0.138. The molecule has 0 spiro atoms. The molecule has 8 heteroatoms. The average molecular weight is 397 g/mol. The number of halogens is 1. The number of nitrogens with one attached hydrogen (secondary N) is 1. The number of para-hydroxylation sites is 1. The molecule has 150 valence electrons. The van der Waals surface area contributed by atoms with E-state index < -0.39 is 12.1 Å². The van der Waals surface area contributed by atoms with E-state index in [1.54, 1.807) is 4.90 Å². The molecule has 3 N–H and O–H groups in total. The van der Waals surface area contributed by atoms with Crippen molar-refractivity contribution in [1.29, 1.82) is 0 Å². The molecule has 1 aromatic rings. The largest absolute Gasteiger partial charge is 0.346 e.